The van der Waals surface area contributed by atoms with Crippen LogP contribution < -0.4 is 10.1 Å². The molecule has 1 aliphatic heterocycles. The van der Waals surface area contributed by atoms with Crippen molar-refractivity contribution in [3.05, 3.63) is 45.9 Å². The van der Waals surface area contributed by atoms with Crippen molar-refractivity contribution in [3.63, 3.8) is 0 Å². The molecule has 1 N–H and O–H groups in total. The zero-order valence-electron chi connectivity index (χ0n) is 15.9. The van der Waals surface area contributed by atoms with Gasteiger partial charge >= 0.3 is 0 Å². The molecule has 3 aromatic rings. The first-order valence-corrected chi connectivity index (χ1v) is 10.0. The Morgan fingerprint density at radius 2 is 2.11 bits per heavy atom. The number of piperidine rings is 1. The number of benzene rings is 1. The maximum absolute atomic E-state index is 13.3. The molecule has 4 rings (SSSR count). The molecule has 6 nitrogen and oxygen atoms in total. The van der Waals surface area contributed by atoms with Crippen LogP contribution in [0.15, 0.2) is 34.2 Å². The first-order valence-electron chi connectivity index (χ1n) is 9.16. The highest BCUT2D eigenvalue weighted by Gasteiger charge is 2.29. The van der Waals surface area contributed by atoms with Crippen LogP contribution in [0.4, 0.5) is 0 Å². The van der Waals surface area contributed by atoms with Gasteiger partial charge in [-0.15, -0.1) is 23.7 Å². The fraction of sp³-hybridized carbons (Fsp3) is 0.400. The number of nitrogens with zero attached hydrogens (tertiary/aromatic N) is 2. The topological polar surface area (TPSA) is 67.6 Å². The number of hydrogen-bond donors (Lipinski definition) is 1. The van der Waals surface area contributed by atoms with Gasteiger partial charge in [-0.25, -0.2) is 4.98 Å². The number of halogens is 1. The van der Waals surface area contributed by atoms with Crippen molar-refractivity contribution < 1.29 is 13.9 Å². The Labute approximate surface area is 174 Å². The smallest absolute Gasteiger partial charge is 0.299 e. The number of thiazole rings is 1. The zero-order valence-corrected chi connectivity index (χ0v) is 17.6. The number of aromatic nitrogens is 1. The third-order valence-electron chi connectivity index (χ3n) is 5.13. The van der Waals surface area contributed by atoms with Crippen molar-refractivity contribution >= 4 is 40.6 Å². The second-order valence-corrected chi connectivity index (χ2v) is 7.75. The molecule has 0 aliphatic carbocycles. The fourth-order valence-corrected chi connectivity index (χ4v) is 4.15. The molecular formula is C20H24ClN3O3S. The fourth-order valence-electron chi connectivity index (χ4n) is 3.46. The number of ether oxygens (including phenoxy) is 1. The third kappa shape index (κ3) is 4.01. The van der Waals surface area contributed by atoms with E-state index in [2.05, 4.69) is 10.3 Å². The standard InChI is InChI=1S/C20H23N3O3S.ClH/c1-13-17(27-12-22-13)11-25-20-18(15-5-3-4-6-16(15)26-20)19(24)23(2)14-7-9-21-10-8-14;/h3-6,12,14,21H,7-11H2,1-2H3;1H. The van der Waals surface area contributed by atoms with Crippen LogP contribution in [0.25, 0.3) is 11.0 Å². The number of rotatable bonds is 5. The monoisotopic (exact) mass is 421 g/mol. The Morgan fingerprint density at radius 3 is 2.82 bits per heavy atom. The van der Waals surface area contributed by atoms with Gasteiger partial charge in [-0.3, -0.25) is 4.79 Å². The lowest BCUT2D eigenvalue weighted by Gasteiger charge is -2.31. The van der Waals surface area contributed by atoms with E-state index in [9.17, 15) is 4.79 Å². The summed E-state index contributed by atoms with van der Waals surface area (Å²) in [4.78, 5) is 20.4. The molecule has 1 fully saturated rings. The van der Waals surface area contributed by atoms with Gasteiger partial charge in [0.25, 0.3) is 11.9 Å². The van der Waals surface area contributed by atoms with Gasteiger partial charge in [0.05, 0.1) is 16.1 Å². The van der Waals surface area contributed by atoms with Crippen LogP contribution in [0.3, 0.4) is 0 Å². The lowest BCUT2D eigenvalue weighted by Crippen LogP contribution is -2.44. The van der Waals surface area contributed by atoms with Gasteiger partial charge in [-0.2, -0.15) is 0 Å². The first-order chi connectivity index (χ1) is 13.1. The van der Waals surface area contributed by atoms with Crippen molar-refractivity contribution in [2.45, 2.75) is 32.4 Å². The maximum Gasteiger partial charge on any atom is 0.299 e. The highest BCUT2D eigenvalue weighted by Crippen LogP contribution is 2.34. The number of para-hydroxylation sites is 1. The minimum absolute atomic E-state index is 0. The van der Waals surface area contributed by atoms with Gasteiger partial charge in [0.2, 0.25) is 0 Å². The van der Waals surface area contributed by atoms with Crippen LogP contribution in [0.1, 0.15) is 33.8 Å². The quantitative estimate of drug-likeness (QED) is 0.673. The minimum atomic E-state index is -0.0529. The summed E-state index contributed by atoms with van der Waals surface area (Å²) in [6.45, 7) is 4.16. The van der Waals surface area contributed by atoms with Gasteiger partial charge in [-0.1, -0.05) is 18.2 Å². The largest absolute Gasteiger partial charge is 0.459 e. The van der Waals surface area contributed by atoms with E-state index in [0.717, 1.165) is 41.9 Å². The number of aryl methyl sites for hydroxylation is 1. The summed E-state index contributed by atoms with van der Waals surface area (Å²) < 4.78 is 11.8. The van der Waals surface area contributed by atoms with Gasteiger partial charge in [0.1, 0.15) is 17.8 Å². The number of furan rings is 1. The minimum Gasteiger partial charge on any atom is -0.459 e. The Bertz CT molecular complexity index is 949. The lowest BCUT2D eigenvalue weighted by atomic mass is 10.0. The summed E-state index contributed by atoms with van der Waals surface area (Å²) in [6, 6.07) is 7.81. The van der Waals surface area contributed by atoms with E-state index in [-0.39, 0.29) is 30.3 Å². The van der Waals surface area contributed by atoms with E-state index in [1.165, 1.54) is 11.3 Å². The number of amides is 1. The molecule has 0 spiro atoms. The van der Waals surface area contributed by atoms with E-state index in [4.69, 9.17) is 9.15 Å². The second-order valence-electron chi connectivity index (χ2n) is 6.81. The molecule has 0 bridgehead atoms. The van der Waals surface area contributed by atoms with E-state index in [0.29, 0.717) is 17.8 Å². The Hall–Kier alpha value is -2.09. The molecule has 0 unspecified atom stereocenters. The summed E-state index contributed by atoms with van der Waals surface area (Å²) in [7, 11) is 1.87. The van der Waals surface area contributed by atoms with Crippen molar-refractivity contribution in [3.8, 4) is 5.95 Å². The lowest BCUT2D eigenvalue weighted by molar-refractivity contribution is 0.0696. The Balaban J connectivity index is 0.00000225. The Kier molecular flexibility index (Phi) is 6.59. The molecule has 0 atom stereocenters. The third-order valence-corrected chi connectivity index (χ3v) is 6.04. The molecule has 1 aliphatic rings. The molecule has 0 radical (unpaired) electrons. The molecule has 2 aromatic heterocycles. The molecular weight excluding hydrogens is 398 g/mol. The molecule has 8 heteroatoms. The van der Waals surface area contributed by atoms with Crippen LogP contribution in [0.5, 0.6) is 5.95 Å². The van der Waals surface area contributed by atoms with Crippen LogP contribution >= 0.6 is 23.7 Å². The van der Waals surface area contributed by atoms with Crippen molar-refractivity contribution in [2.24, 2.45) is 0 Å². The predicted molar refractivity (Wildman–Crippen MR) is 113 cm³/mol. The molecule has 1 amide bonds. The van der Waals surface area contributed by atoms with Crippen molar-refractivity contribution in [1.82, 2.24) is 15.2 Å². The summed E-state index contributed by atoms with van der Waals surface area (Å²) in [5, 5.41) is 4.13. The number of fused-ring (bicyclic) bond motifs is 1. The summed E-state index contributed by atoms with van der Waals surface area (Å²) >= 11 is 1.54. The normalized spacial score (nSPS) is 14.6. The number of hydrogen-bond acceptors (Lipinski definition) is 6. The average molecular weight is 422 g/mol. The van der Waals surface area contributed by atoms with E-state index >= 15 is 0 Å². The van der Waals surface area contributed by atoms with Gasteiger partial charge < -0.3 is 19.4 Å². The van der Waals surface area contributed by atoms with Crippen LogP contribution in [0, 0.1) is 6.92 Å². The maximum atomic E-state index is 13.3. The van der Waals surface area contributed by atoms with Gasteiger partial charge in [0, 0.05) is 18.5 Å². The Morgan fingerprint density at radius 1 is 1.36 bits per heavy atom. The molecule has 3 heterocycles. The molecule has 150 valence electrons. The number of carbonyl (C=O) groups excluding carboxylic acids is 1. The summed E-state index contributed by atoms with van der Waals surface area (Å²) in [5.41, 5.74) is 3.91. The van der Waals surface area contributed by atoms with E-state index in [1.807, 2.05) is 43.1 Å². The highest BCUT2D eigenvalue weighted by atomic mass is 35.5. The summed E-state index contributed by atoms with van der Waals surface area (Å²) in [6.07, 6.45) is 1.91. The van der Waals surface area contributed by atoms with E-state index in [1.54, 1.807) is 5.51 Å². The number of nitrogens with one attached hydrogen (secondary N) is 1. The SMILES string of the molecule is Cc1ncsc1COc1oc2ccccc2c1C(=O)N(C)C1CCNCC1.Cl. The van der Waals surface area contributed by atoms with Crippen LogP contribution in [-0.2, 0) is 6.61 Å². The van der Waals surface area contributed by atoms with Crippen molar-refractivity contribution in [2.75, 3.05) is 20.1 Å². The molecule has 1 aromatic carbocycles. The highest BCUT2D eigenvalue weighted by molar-refractivity contribution is 7.09. The van der Waals surface area contributed by atoms with Gasteiger partial charge in [-0.05, 0) is 38.9 Å². The molecule has 1 saturated heterocycles. The van der Waals surface area contributed by atoms with E-state index < -0.39 is 0 Å². The predicted octanol–water partition coefficient (Wildman–Crippen LogP) is 4.02. The molecule has 0 saturated carbocycles. The zero-order chi connectivity index (χ0) is 18.8. The average Bonchev–Trinajstić information content (AvgIpc) is 3.28. The summed E-state index contributed by atoms with van der Waals surface area (Å²) in [5.74, 6) is 0.234. The van der Waals surface area contributed by atoms with Crippen LogP contribution in [0.2, 0.25) is 0 Å². The van der Waals surface area contributed by atoms with Crippen LogP contribution in [-0.4, -0.2) is 42.0 Å². The van der Waals surface area contributed by atoms with Crippen molar-refractivity contribution in [1.29, 1.82) is 0 Å². The molecule has 28 heavy (non-hydrogen) atoms. The number of carbonyl (C=O) groups is 1. The first kappa shape index (κ1) is 20.6. The second kappa shape index (κ2) is 8.94. The van der Waals surface area contributed by atoms with Gasteiger partial charge in [0.15, 0.2) is 0 Å².